The molecule has 0 fully saturated rings. The van der Waals surface area contributed by atoms with Gasteiger partial charge in [-0.15, -0.1) is 0 Å². The van der Waals surface area contributed by atoms with Crippen molar-refractivity contribution in [1.82, 2.24) is 0 Å². The van der Waals surface area contributed by atoms with Gasteiger partial charge in [0, 0.05) is 5.69 Å². The molecule has 0 unspecified atom stereocenters. The van der Waals surface area contributed by atoms with Crippen LogP contribution in [0.5, 0.6) is 0 Å². The first kappa shape index (κ1) is 7.13. The van der Waals surface area contributed by atoms with Crippen LogP contribution >= 0.6 is 0 Å². The summed E-state index contributed by atoms with van der Waals surface area (Å²) in [5, 5.41) is 2.94. The van der Waals surface area contributed by atoms with E-state index in [1.165, 1.54) is 11.1 Å². The molecule has 0 saturated carbocycles. The summed E-state index contributed by atoms with van der Waals surface area (Å²) in [6.45, 7) is 0. The topological polar surface area (TPSA) is 29.1 Å². The van der Waals surface area contributed by atoms with Crippen LogP contribution in [0.25, 0.3) is 0 Å². The van der Waals surface area contributed by atoms with E-state index < -0.39 is 0 Å². The van der Waals surface area contributed by atoms with Crippen molar-refractivity contribution in [2.75, 3.05) is 5.32 Å². The molecule has 2 heteroatoms. The number of carbonyl (C=O) groups is 1. The first-order chi connectivity index (χ1) is 6.36. The zero-order valence-electron chi connectivity index (χ0n) is 7.34. The van der Waals surface area contributed by atoms with E-state index in [0.717, 1.165) is 24.9 Å². The van der Waals surface area contributed by atoms with Gasteiger partial charge in [0.25, 0.3) is 0 Å². The van der Waals surface area contributed by atoms with Crippen molar-refractivity contribution in [3.05, 3.63) is 29.3 Å². The Morgan fingerprint density at radius 2 is 2.31 bits per heavy atom. The zero-order chi connectivity index (χ0) is 8.84. The van der Waals surface area contributed by atoms with Crippen LogP contribution in [0.3, 0.4) is 0 Å². The molecule has 2 nitrogen and oxygen atoms in total. The Kier molecular flexibility index (Phi) is 1.29. The molecule has 1 amide bonds. The highest BCUT2D eigenvalue weighted by Crippen LogP contribution is 2.41. The fourth-order valence-corrected chi connectivity index (χ4v) is 2.47. The molecule has 0 bridgehead atoms. The molecule has 2 aliphatic rings. The van der Waals surface area contributed by atoms with Crippen molar-refractivity contribution >= 4 is 11.6 Å². The van der Waals surface area contributed by atoms with Gasteiger partial charge < -0.3 is 5.32 Å². The Morgan fingerprint density at radius 1 is 1.38 bits per heavy atom. The molecule has 1 aromatic carbocycles. The van der Waals surface area contributed by atoms with Gasteiger partial charge in [-0.3, -0.25) is 4.79 Å². The van der Waals surface area contributed by atoms with Crippen molar-refractivity contribution in [2.45, 2.75) is 25.2 Å². The fourth-order valence-electron chi connectivity index (χ4n) is 2.47. The van der Waals surface area contributed by atoms with E-state index in [2.05, 4.69) is 11.4 Å². The molecule has 0 radical (unpaired) electrons. The van der Waals surface area contributed by atoms with Crippen LogP contribution in [0.1, 0.15) is 29.9 Å². The Bertz CT molecular complexity index is 384. The smallest absolute Gasteiger partial charge is 0.232 e. The first-order valence-electron chi connectivity index (χ1n) is 4.79. The van der Waals surface area contributed by atoms with Gasteiger partial charge in [-0.1, -0.05) is 12.1 Å². The largest absolute Gasteiger partial charge is 0.325 e. The second-order valence-corrected chi connectivity index (χ2v) is 3.81. The number of hydrogen-bond acceptors (Lipinski definition) is 1. The van der Waals surface area contributed by atoms with Gasteiger partial charge in [-0.25, -0.2) is 0 Å². The van der Waals surface area contributed by atoms with E-state index in [1.807, 2.05) is 12.1 Å². The monoisotopic (exact) mass is 173 g/mol. The highest BCUT2D eigenvalue weighted by molar-refractivity contribution is 6.03. The molecule has 1 atom stereocenters. The molecule has 0 saturated heterocycles. The molecule has 1 heterocycles. The summed E-state index contributed by atoms with van der Waals surface area (Å²) in [5.74, 6) is 0.349. The van der Waals surface area contributed by atoms with E-state index in [9.17, 15) is 4.79 Å². The van der Waals surface area contributed by atoms with E-state index in [0.29, 0.717) is 0 Å². The molecule has 3 rings (SSSR count). The third kappa shape index (κ3) is 0.857. The van der Waals surface area contributed by atoms with Crippen LogP contribution in [-0.4, -0.2) is 5.91 Å². The second kappa shape index (κ2) is 2.34. The van der Waals surface area contributed by atoms with Gasteiger partial charge in [-0.2, -0.15) is 0 Å². The highest BCUT2D eigenvalue weighted by Gasteiger charge is 2.34. The predicted molar refractivity (Wildman–Crippen MR) is 50.8 cm³/mol. The van der Waals surface area contributed by atoms with Gasteiger partial charge in [0.05, 0.1) is 5.92 Å². The summed E-state index contributed by atoms with van der Waals surface area (Å²) in [7, 11) is 0. The Hall–Kier alpha value is -1.31. The number of amides is 1. The maximum absolute atomic E-state index is 11.5. The van der Waals surface area contributed by atoms with E-state index >= 15 is 0 Å². The van der Waals surface area contributed by atoms with Gasteiger partial charge in [0.1, 0.15) is 0 Å². The summed E-state index contributed by atoms with van der Waals surface area (Å²) in [5.41, 5.74) is 3.69. The standard InChI is InChI=1S/C11H11NO/c13-11-8-5-1-3-7-4-2-6-9(12-11)10(7)8/h2,4,6,8H,1,3,5H2,(H,12,13)/t8-/m0/s1. The van der Waals surface area contributed by atoms with Gasteiger partial charge in [0.15, 0.2) is 0 Å². The van der Waals surface area contributed by atoms with Crippen LogP contribution < -0.4 is 5.32 Å². The third-order valence-corrected chi connectivity index (χ3v) is 3.06. The van der Waals surface area contributed by atoms with Crippen LogP contribution in [0.4, 0.5) is 5.69 Å². The number of benzene rings is 1. The summed E-state index contributed by atoms with van der Waals surface area (Å²) >= 11 is 0. The summed E-state index contributed by atoms with van der Waals surface area (Å²) < 4.78 is 0. The molecule has 0 spiro atoms. The van der Waals surface area contributed by atoms with E-state index in [4.69, 9.17) is 0 Å². The molecule has 1 aliphatic heterocycles. The van der Waals surface area contributed by atoms with Crippen LogP contribution in [0.2, 0.25) is 0 Å². The van der Waals surface area contributed by atoms with Gasteiger partial charge in [-0.05, 0) is 36.5 Å². The van der Waals surface area contributed by atoms with Gasteiger partial charge in [0.2, 0.25) is 5.91 Å². The third-order valence-electron chi connectivity index (χ3n) is 3.06. The van der Waals surface area contributed by atoms with E-state index in [1.54, 1.807) is 0 Å². The average Bonchev–Trinajstić information content (AvgIpc) is 2.47. The molecule has 1 N–H and O–H groups in total. The zero-order valence-corrected chi connectivity index (χ0v) is 7.34. The maximum atomic E-state index is 11.5. The Morgan fingerprint density at radius 3 is 3.23 bits per heavy atom. The lowest BCUT2D eigenvalue weighted by Gasteiger charge is -2.18. The number of carbonyl (C=O) groups excluding carboxylic acids is 1. The second-order valence-electron chi connectivity index (χ2n) is 3.81. The lowest BCUT2D eigenvalue weighted by molar-refractivity contribution is -0.117. The molecular formula is C11H11NO. The highest BCUT2D eigenvalue weighted by atomic mass is 16.2. The SMILES string of the molecule is O=C1Nc2cccc3c2[C@@H]1CCC3. The first-order valence-corrected chi connectivity index (χ1v) is 4.79. The van der Waals surface area contributed by atoms with Crippen molar-refractivity contribution in [3.63, 3.8) is 0 Å². The van der Waals surface area contributed by atoms with Crippen molar-refractivity contribution < 1.29 is 4.79 Å². The van der Waals surface area contributed by atoms with Crippen molar-refractivity contribution in [3.8, 4) is 0 Å². The van der Waals surface area contributed by atoms with Crippen molar-refractivity contribution in [2.24, 2.45) is 0 Å². The molecule has 1 aromatic rings. The summed E-state index contributed by atoms with van der Waals surface area (Å²) in [6.07, 6.45) is 3.30. The summed E-state index contributed by atoms with van der Waals surface area (Å²) in [4.78, 5) is 11.5. The minimum atomic E-state index is 0.153. The lowest BCUT2D eigenvalue weighted by atomic mass is 9.84. The average molecular weight is 173 g/mol. The molecular weight excluding hydrogens is 162 g/mol. The minimum Gasteiger partial charge on any atom is -0.325 e. The number of anilines is 1. The number of aryl methyl sites for hydroxylation is 1. The Balaban J connectivity index is 2.25. The number of rotatable bonds is 0. The maximum Gasteiger partial charge on any atom is 0.232 e. The molecule has 66 valence electrons. The van der Waals surface area contributed by atoms with Crippen molar-refractivity contribution in [1.29, 1.82) is 0 Å². The van der Waals surface area contributed by atoms with E-state index in [-0.39, 0.29) is 11.8 Å². The van der Waals surface area contributed by atoms with Crippen LogP contribution in [0.15, 0.2) is 18.2 Å². The normalized spacial score (nSPS) is 24.0. The van der Waals surface area contributed by atoms with Gasteiger partial charge >= 0.3 is 0 Å². The Labute approximate surface area is 77.0 Å². The fraction of sp³-hybridized carbons (Fsp3) is 0.364. The van der Waals surface area contributed by atoms with Crippen LogP contribution in [-0.2, 0) is 11.2 Å². The summed E-state index contributed by atoms with van der Waals surface area (Å²) in [6, 6.07) is 6.18. The molecule has 1 aliphatic carbocycles. The number of nitrogens with one attached hydrogen (secondary N) is 1. The molecule has 13 heavy (non-hydrogen) atoms. The molecule has 0 aromatic heterocycles. The minimum absolute atomic E-state index is 0.153. The number of hydrogen-bond donors (Lipinski definition) is 1. The lowest BCUT2D eigenvalue weighted by Crippen LogP contribution is -2.15. The van der Waals surface area contributed by atoms with Crippen LogP contribution in [0, 0.1) is 0 Å². The predicted octanol–water partition coefficient (Wildman–Crippen LogP) is 2.06. The quantitative estimate of drug-likeness (QED) is 0.639.